The van der Waals surface area contributed by atoms with Gasteiger partial charge < -0.3 is 9.47 Å². The summed E-state index contributed by atoms with van der Waals surface area (Å²) >= 11 is 1.99. The Morgan fingerprint density at radius 1 is 0.774 bits per heavy atom. The van der Waals surface area contributed by atoms with Crippen LogP contribution in [0.5, 0.6) is 11.5 Å². The molecule has 3 aromatic rings. The predicted octanol–water partition coefficient (Wildman–Crippen LogP) is 7.81. The molecule has 0 amide bonds. The Morgan fingerprint density at radius 2 is 1.42 bits per heavy atom. The molecule has 4 heteroatoms. The van der Waals surface area contributed by atoms with Gasteiger partial charge in [-0.3, -0.25) is 0 Å². The Hall–Kier alpha value is -2.98. The van der Waals surface area contributed by atoms with E-state index in [1.165, 1.54) is 37.0 Å². The smallest absolute Gasteiger partial charge is 0.222 e. The van der Waals surface area contributed by atoms with Crippen LogP contribution in [0, 0.1) is 0 Å². The molecule has 0 radical (unpaired) electrons. The molecule has 1 fully saturated rings. The van der Waals surface area contributed by atoms with E-state index in [4.69, 9.17) is 14.5 Å². The first-order valence-electron chi connectivity index (χ1n) is 10.8. The molecule has 0 saturated heterocycles. The number of hydrogen-bond donors (Lipinski definition) is 0. The summed E-state index contributed by atoms with van der Waals surface area (Å²) in [5.74, 6) is 1.96. The zero-order chi connectivity index (χ0) is 21.1. The second-order valence-corrected chi connectivity index (χ2v) is 8.84. The van der Waals surface area contributed by atoms with Gasteiger partial charge >= 0.3 is 0 Å². The van der Waals surface area contributed by atoms with E-state index in [9.17, 15) is 0 Å². The first-order valence-corrected chi connectivity index (χ1v) is 11.7. The highest BCUT2D eigenvalue weighted by molar-refractivity contribution is 8.00. The van der Waals surface area contributed by atoms with E-state index in [0.29, 0.717) is 5.90 Å². The minimum Gasteiger partial charge on any atom is -0.465 e. The Morgan fingerprint density at radius 3 is 2.10 bits per heavy atom. The molecule has 0 N–H and O–H groups in total. The van der Waals surface area contributed by atoms with Crippen molar-refractivity contribution in [1.29, 1.82) is 0 Å². The molecular formula is C27H27NO2S. The molecule has 1 aliphatic rings. The van der Waals surface area contributed by atoms with Gasteiger partial charge in [-0.15, -0.1) is 11.8 Å². The molecular weight excluding hydrogens is 402 g/mol. The first-order chi connectivity index (χ1) is 15.3. The number of aliphatic imine (C=N–C) groups is 1. The van der Waals surface area contributed by atoms with E-state index in [0.717, 1.165) is 22.4 Å². The minimum absolute atomic E-state index is 0.467. The maximum atomic E-state index is 5.99. The lowest BCUT2D eigenvalue weighted by Crippen LogP contribution is -2.07. The van der Waals surface area contributed by atoms with Gasteiger partial charge in [0.05, 0.1) is 11.9 Å². The molecule has 0 heterocycles. The number of ether oxygens (including phenoxy) is 2. The van der Waals surface area contributed by atoms with Crippen LogP contribution in [0.4, 0.5) is 5.69 Å². The minimum atomic E-state index is 0.467. The molecule has 3 aromatic carbocycles. The summed E-state index contributed by atoms with van der Waals surface area (Å²) in [4.78, 5) is 6.00. The van der Waals surface area contributed by atoms with Crippen LogP contribution in [0.25, 0.3) is 0 Å². The first kappa shape index (κ1) is 21.3. The van der Waals surface area contributed by atoms with Crippen molar-refractivity contribution in [2.75, 3.05) is 0 Å². The maximum Gasteiger partial charge on any atom is 0.222 e. The van der Waals surface area contributed by atoms with E-state index in [1.807, 2.05) is 84.6 Å². The largest absolute Gasteiger partial charge is 0.465 e. The highest BCUT2D eigenvalue weighted by Gasteiger charge is 2.14. The van der Waals surface area contributed by atoms with Gasteiger partial charge in [-0.2, -0.15) is 0 Å². The van der Waals surface area contributed by atoms with Crippen molar-refractivity contribution < 1.29 is 9.47 Å². The zero-order valence-electron chi connectivity index (χ0n) is 17.5. The van der Waals surface area contributed by atoms with Crippen molar-refractivity contribution >= 4 is 23.3 Å². The summed E-state index contributed by atoms with van der Waals surface area (Å²) in [6.07, 6.45) is 10.1. The number of nitrogens with zero attached hydrogens (tertiary/aromatic N) is 1. The van der Waals surface area contributed by atoms with Crippen molar-refractivity contribution in [2.45, 2.75) is 42.2 Å². The zero-order valence-corrected chi connectivity index (χ0v) is 18.3. The molecule has 4 rings (SSSR count). The van der Waals surface area contributed by atoms with Crippen LogP contribution in [-0.4, -0.2) is 11.1 Å². The van der Waals surface area contributed by atoms with E-state index in [2.05, 4.69) is 12.1 Å². The van der Waals surface area contributed by atoms with Crippen LogP contribution >= 0.6 is 11.8 Å². The number of para-hydroxylation sites is 2. The summed E-state index contributed by atoms with van der Waals surface area (Å²) in [6.45, 7) is 0. The van der Waals surface area contributed by atoms with Gasteiger partial charge in [0.1, 0.15) is 11.5 Å². The fraction of sp³-hybridized carbons (Fsp3) is 0.222. The molecule has 1 saturated carbocycles. The van der Waals surface area contributed by atoms with Crippen molar-refractivity contribution in [1.82, 2.24) is 0 Å². The number of thioether (sulfide) groups is 1. The van der Waals surface area contributed by atoms with Crippen molar-refractivity contribution in [3.05, 3.63) is 97.3 Å². The number of benzene rings is 3. The predicted molar refractivity (Wildman–Crippen MR) is 130 cm³/mol. The highest BCUT2D eigenvalue weighted by atomic mass is 32.2. The fourth-order valence-electron chi connectivity index (χ4n) is 3.48. The average Bonchev–Trinajstić information content (AvgIpc) is 2.82. The Balaban J connectivity index is 1.46. The van der Waals surface area contributed by atoms with Crippen LogP contribution in [0.1, 0.15) is 32.1 Å². The fourth-order valence-corrected chi connectivity index (χ4v) is 4.72. The third-order valence-corrected chi connectivity index (χ3v) is 6.40. The van der Waals surface area contributed by atoms with Gasteiger partial charge in [-0.25, -0.2) is 4.99 Å². The molecule has 0 spiro atoms. The standard InChI is InChI=1S/C27H27NO2S/c1-4-10-23(11-5-1)29-21-20-27(30-24-12-6-2-7-13-24)28-22-16-18-26(19-17-22)31-25-14-8-3-9-15-25/h1-2,4-7,10-13,16-21,25H,3,8-9,14-15H2/b21-20+,28-27?. The Labute approximate surface area is 188 Å². The summed E-state index contributed by atoms with van der Waals surface area (Å²) in [5.41, 5.74) is 0.850. The molecule has 1 aliphatic carbocycles. The third kappa shape index (κ3) is 7.04. The van der Waals surface area contributed by atoms with Crippen LogP contribution in [0.2, 0.25) is 0 Å². The molecule has 0 bridgehead atoms. The van der Waals surface area contributed by atoms with Gasteiger partial charge in [0.2, 0.25) is 5.90 Å². The number of rotatable bonds is 7. The van der Waals surface area contributed by atoms with Crippen LogP contribution in [0.3, 0.4) is 0 Å². The third-order valence-electron chi connectivity index (χ3n) is 5.05. The van der Waals surface area contributed by atoms with Crippen molar-refractivity contribution in [2.24, 2.45) is 4.99 Å². The summed E-state index contributed by atoms with van der Waals surface area (Å²) in [7, 11) is 0. The Bertz CT molecular complexity index is 979. The average molecular weight is 430 g/mol. The second-order valence-electron chi connectivity index (χ2n) is 7.47. The molecule has 0 atom stereocenters. The lowest BCUT2D eigenvalue weighted by atomic mass is 10.0. The van der Waals surface area contributed by atoms with Gasteiger partial charge in [-0.05, 0) is 61.4 Å². The normalized spacial score (nSPS) is 15.2. The van der Waals surface area contributed by atoms with Crippen molar-refractivity contribution in [3.63, 3.8) is 0 Å². The van der Waals surface area contributed by atoms with E-state index in [-0.39, 0.29) is 0 Å². The highest BCUT2D eigenvalue weighted by Crippen LogP contribution is 2.34. The Kier molecular flexibility index (Phi) is 7.83. The molecule has 31 heavy (non-hydrogen) atoms. The molecule has 3 nitrogen and oxygen atoms in total. The second kappa shape index (κ2) is 11.4. The van der Waals surface area contributed by atoms with Crippen LogP contribution < -0.4 is 9.47 Å². The van der Waals surface area contributed by atoms with Crippen LogP contribution in [0.15, 0.2) is 107 Å². The lowest BCUT2D eigenvalue weighted by Gasteiger charge is -2.20. The topological polar surface area (TPSA) is 30.8 Å². The molecule has 158 valence electrons. The van der Waals surface area contributed by atoms with Gasteiger partial charge in [0.25, 0.3) is 0 Å². The SMILES string of the molecule is C(=C\C(=Nc1ccc(SC2CCCCC2)cc1)Oc1ccccc1)/Oc1ccccc1. The molecule has 0 aromatic heterocycles. The lowest BCUT2D eigenvalue weighted by molar-refractivity contribution is 0.479. The van der Waals surface area contributed by atoms with Crippen LogP contribution in [-0.2, 0) is 0 Å². The monoisotopic (exact) mass is 429 g/mol. The molecule has 0 aliphatic heterocycles. The van der Waals surface area contributed by atoms with Crippen molar-refractivity contribution in [3.8, 4) is 11.5 Å². The number of hydrogen-bond acceptors (Lipinski definition) is 4. The summed E-state index contributed by atoms with van der Waals surface area (Å²) in [5, 5.41) is 0.748. The maximum absolute atomic E-state index is 5.99. The van der Waals surface area contributed by atoms with Gasteiger partial charge in [-0.1, -0.05) is 55.7 Å². The van der Waals surface area contributed by atoms with Gasteiger partial charge in [0.15, 0.2) is 0 Å². The summed E-state index contributed by atoms with van der Waals surface area (Å²) in [6, 6.07) is 27.7. The van der Waals surface area contributed by atoms with E-state index >= 15 is 0 Å². The summed E-state index contributed by atoms with van der Waals surface area (Å²) < 4.78 is 11.7. The van der Waals surface area contributed by atoms with E-state index in [1.54, 1.807) is 12.3 Å². The van der Waals surface area contributed by atoms with Gasteiger partial charge in [0, 0.05) is 16.2 Å². The quantitative estimate of drug-likeness (QED) is 0.218. The van der Waals surface area contributed by atoms with E-state index < -0.39 is 0 Å². The molecule has 0 unspecified atom stereocenters.